The minimum absolute atomic E-state index is 0.0932. The number of hydrogen-bond acceptors (Lipinski definition) is 8. The molecule has 2 atom stereocenters. The van der Waals surface area contributed by atoms with Gasteiger partial charge in [-0.1, -0.05) is 19.9 Å². The molecule has 3 N–H and O–H groups in total. The van der Waals surface area contributed by atoms with Crippen LogP contribution in [-0.2, 0) is 20.7 Å². The molecule has 1 aliphatic rings. The molecular weight excluding hydrogens is 538 g/mol. The summed E-state index contributed by atoms with van der Waals surface area (Å²) in [5.41, 5.74) is 3.07. The highest BCUT2D eigenvalue weighted by molar-refractivity contribution is 5.86. The smallest absolute Gasteiger partial charge is 0.242 e. The summed E-state index contributed by atoms with van der Waals surface area (Å²) >= 11 is 0. The fourth-order valence-electron chi connectivity index (χ4n) is 5.24. The van der Waals surface area contributed by atoms with Crippen molar-refractivity contribution in [1.29, 1.82) is 0 Å². The molecule has 10 nitrogen and oxygen atoms in total. The fourth-order valence-corrected chi connectivity index (χ4v) is 5.24. The van der Waals surface area contributed by atoms with Crippen LogP contribution in [0.1, 0.15) is 64.6 Å². The van der Waals surface area contributed by atoms with Crippen molar-refractivity contribution in [3.63, 3.8) is 0 Å². The maximum Gasteiger partial charge on any atom is 0.242 e. The number of anilines is 1. The van der Waals surface area contributed by atoms with Crippen molar-refractivity contribution in [2.24, 2.45) is 5.92 Å². The van der Waals surface area contributed by atoms with Crippen molar-refractivity contribution in [3.8, 4) is 28.4 Å². The first-order chi connectivity index (χ1) is 20.0. The Morgan fingerprint density at radius 1 is 1.00 bits per heavy atom. The molecule has 10 heteroatoms. The third kappa shape index (κ3) is 7.73. The molecular formula is C32H45N3O7. The van der Waals surface area contributed by atoms with Gasteiger partial charge < -0.3 is 34.9 Å². The standard InChI is InChI=1S/C32H45N3O7/c1-18(2)29(32(38)33-14-9-15-42-19(3)4)35-25-13-11-22-23(17-26(25)37)24(34-20(5)36)12-10-21-16-27(39-6)30(40-7)31(41-8)28(21)22/h11,13,16-19,24,29H,9-10,12,14-15H2,1-8H3,(H,33,38)(H,34,36)(H,35,37)/t24-,29+/m0/s1. The van der Waals surface area contributed by atoms with Gasteiger partial charge in [-0.2, -0.15) is 0 Å². The Morgan fingerprint density at radius 3 is 2.31 bits per heavy atom. The van der Waals surface area contributed by atoms with E-state index in [0.717, 1.165) is 16.7 Å². The number of hydrogen-bond donors (Lipinski definition) is 3. The Bertz CT molecular complexity index is 1330. The molecule has 0 saturated heterocycles. The first-order valence-corrected chi connectivity index (χ1v) is 14.5. The van der Waals surface area contributed by atoms with Crippen molar-refractivity contribution in [1.82, 2.24) is 10.6 Å². The third-order valence-corrected chi connectivity index (χ3v) is 7.25. The van der Waals surface area contributed by atoms with E-state index < -0.39 is 12.1 Å². The second-order valence-corrected chi connectivity index (χ2v) is 11.0. The van der Waals surface area contributed by atoms with Crippen LogP contribution in [0.5, 0.6) is 17.2 Å². The van der Waals surface area contributed by atoms with Crippen LogP contribution in [0.3, 0.4) is 0 Å². The van der Waals surface area contributed by atoms with E-state index in [2.05, 4.69) is 16.0 Å². The van der Waals surface area contributed by atoms with Crippen molar-refractivity contribution < 1.29 is 28.5 Å². The number of ether oxygens (including phenoxy) is 4. The number of aryl methyl sites for hydroxylation is 1. The largest absolute Gasteiger partial charge is 0.493 e. The van der Waals surface area contributed by atoms with E-state index in [-0.39, 0.29) is 35.0 Å². The van der Waals surface area contributed by atoms with E-state index in [1.165, 1.54) is 6.92 Å². The summed E-state index contributed by atoms with van der Waals surface area (Å²) in [7, 11) is 4.67. The van der Waals surface area contributed by atoms with Crippen LogP contribution in [0.2, 0.25) is 0 Å². The molecule has 0 saturated carbocycles. The molecule has 2 aromatic rings. The number of carbonyl (C=O) groups excluding carboxylic acids is 2. The van der Waals surface area contributed by atoms with Crippen LogP contribution < -0.4 is 35.6 Å². The second kappa shape index (κ2) is 14.9. The van der Waals surface area contributed by atoms with E-state index in [1.807, 2.05) is 39.8 Å². The summed E-state index contributed by atoms with van der Waals surface area (Å²) < 4.78 is 22.6. The summed E-state index contributed by atoms with van der Waals surface area (Å²) in [6.07, 6.45) is 1.98. The number of methoxy groups -OCH3 is 3. The molecule has 1 aliphatic carbocycles. The van der Waals surface area contributed by atoms with Gasteiger partial charge in [0.2, 0.25) is 23.0 Å². The van der Waals surface area contributed by atoms with Crippen LogP contribution >= 0.6 is 0 Å². The van der Waals surface area contributed by atoms with E-state index in [4.69, 9.17) is 18.9 Å². The lowest BCUT2D eigenvalue weighted by atomic mass is 9.95. The van der Waals surface area contributed by atoms with Gasteiger partial charge in [-0.05, 0) is 73.9 Å². The number of rotatable bonds is 13. The average Bonchev–Trinajstić information content (AvgIpc) is 3.18. The zero-order valence-corrected chi connectivity index (χ0v) is 26.0. The summed E-state index contributed by atoms with van der Waals surface area (Å²) in [6.45, 7) is 10.3. The van der Waals surface area contributed by atoms with Gasteiger partial charge in [0, 0.05) is 25.6 Å². The van der Waals surface area contributed by atoms with Gasteiger partial charge >= 0.3 is 0 Å². The molecule has 0 unspecified atom stereocenters. The van der Waals surface area contributed by atoms with Gasteiger partial charge in [-0.25, -0.2) is 0 Å². The first-order valence-electron chi connectivity index (χ1n) is 14.5. The quantitative estimate of drug-likeness (QED) is 0.299. The number of fused-ring (bicyclic) bond motifs is 3. The van der Waals surface area contributed by atoms with Gasteiger partial charge in [-0.15, -0.1) is 0 Å². The molecule has 3 rings (SSSR count). The van der Waals surface area contributed by atoms with Crippen molar-refractivity contribution in [2.75, 3.05) is 39.8 Å². The maximum atomic E-state index is 13.7. The zero-order valence-electron chi connectivity index (χ0n) is 26.0. The van der Waals surface area contributed by atoms with Crippen LogP contribution in [-0.4, -0.2) is 58.4 Å². The molecule has 0 heterocycles. The topological polar surface area (TPSA) is 124 Å². The predicted octanol–water partition coefficient (Wildman–Crippen LogP) is 4.23. The van der Waals surface area contributed by atoms with Crippen LogP contribution in [0.4, 0.5) is 5.69 Å². The maximum absolute atomic E-state index is 13.7. The second-order valence-electron chi connectivity index (χ2n) is 11.0. The number of carbonyl (C=O) groups is 2. The summed E-state index contributed by atoms with van der Waals surface area (Å²) in [6, 6.07) is 5.93. The number of amides is 2. The van der Waals surface area contributed by atoms with Crippen LogP contribution in [0.25, 0.3) is 11.1 Å². The van der Waals surface area contributed by atoms with E-state index in [1.54, 1.807) is 33.5 Å². The molecule has 0 spiro atoms. The lowest BCUT2D eigenvalue weighted by molar-refractivity contribution is -0.122. The molecule has 2 amide bonds. The normalized spacial score (nSPS) is 14.8. The Labute approximate surface area is 248 Å². The summed E-state index contributed by atoms with van der Waals surface area (Å²) in [4.78, 5) is 39.0. The van der Waals surface area contributed by atoms with Crippen LogP contribution in [0.15, 0.2) is 29.1 Å². The molecule has 0 aliphatic heterocycles. The lowest BCUT2D eigenvalue weighted by Gasteiger charge is -2.22. The average molecular weight is 584 g/mol. The monoisotopic (exact) mass is 583 g/mol. The Morgan fingerprint density at radius 2 is 1.71 bits per heavy atom. The highest BCUT2D eigenvalue weighted by Crippen LogP contribution is 2.50. The molecule has 0 bridgehead atoms. The van der Waals surface area contributed by atoms with Gasteiger partial charge in [-0.3, -0.25) is 14.4 Å². The highest BCUT2D eigenvalue weighted by atomic mass is 16.5. The number of benzene rings is 1. The minimum atomic E-state index is -0.636. The minimum Gasteiger partial charge on any atom is -0.493 e. The SMILES string of the molecule is COc1cc2c(c(OC)c1OC)-c1ccc(N[C@@H](C(=O)NCCCOC(C)C)C(C)C)c(=O)cc1[C@@H](NC(C)=O)CC2. The molecule has 2 aromatic carbocycles. The molecule has 0 aromatic heterocycles. The van der Waals surface area contributed by atoms with Crippen LogP contribution in [0, 0.1) is 5.92 Å². The van der Waals surface area contributed by atoms with Crippen molar-refractivity contribution in [2.45, 2.75) is 72.1 Å². The Kier molecular flexibility index (Phi) is 11.6. The van der Waals surface area contributed by atoms with E-state index >= 15 is 0 Å². The van der Waals surface area contributed by atoms with E-state index in [0.29, 0.717) is 55.2 Å². The zero-order chi connectivity index (χ0) is 31.0. The molecule has 0 fully saturated rings. The fraction of sp³-hybridized carbons (Fsp3) is 0.531. The summed E-state index contributed by atoms with van der Waals surface area (Å²) in [5, 5.41) is 9.16. The Hall–Kier alpha value is -3.79. The van der Waals surface area contributed by atoms with Gasteiger partial charge in [0.15, 0.2) is 11.5 Å². The van der Waals surface area contributed by atoms with E-state index in [9.17, 15) is 14.4 Å². The van der Waals surface area contributed by atoms with Crippen molar-refractivity contribution in [3.05, 3.63) is 45.6 Å². The lowest BCUT2D eigenvalue weighted by Crippen LogP contribution is -2.44. The highest BCUT2D eigenvalue weighted by Gasteiger charge is 2.30. The molecule has 42 heavy (non-hydrogen) atoms. The third-order valence-electron chi connectivity index (χ3n) is 7.25. The first kappa shape index (κ1) is 32.7. The number of nitrogens with one attached hydrogen (secondary N) is 3. The van der Waals surface area contributed by atoms with Gasteiger partial charge in [0.05, 0.1) is 39.2 Å². The predicted molar refractivity (Wildman–Crippen MR) is 164 cm³/mol. The summed E-state index contributed by atoms with van der Waals surface area (Å²) in [5.74, 6) is 0.954. The van der Waals surface area contributed by atoms with Crippen molar-refractivity contribution >= 4 is 17.5 Å². The molecule has 230 valence electrons. The Balaban J connectivity index is 2.08. The van der Waals surface area contributed by atoms with Gasteiger partial charge in [0.1, 0.15) is 6.04 Å². The van der Waals surface area contributed by atoms with Gasteiger partial charge in [0.25, 0.3) is 0 Å². The molecule has 0 radical (unpaired) electrons.